The van der Waals surface area contributed by atoms with Gasteiger partial charge in [0, 0.05) is 10.3 Å². The summed E-state index contributed by atoms with van der Waals surface area (Å²) < 4.78 is 6.23. The highest BCUT2D eigenvalue weighted by molar-refractivity contribution is 7.16. The van der Waals surface area contributed by atoms with Crippen molar-refractivity contribution in [2.24, 2.45) is 0 Å². The van der Waals surface area contributed by atoms with Crippen LogP contribution < -0.4 is 5.32 Å². The van der Waals surface area contributed by atoms with Crippen LogP contribution in [-0.4, -0.2) is 10.9 Å². The summed E-state index contributed by atoms with van der Waals surface area (Å²) in [5.41, 5.74) is 0.392. The number of carbonyl (C=O) groups excluding carboxylic acids is 1. The number of nitrogens with one attached hydrogen (secondary N) is 1. The topological polar surface area (TPSA) is 55.1 Å². The number of amides is 1. The van der Waals surface area contributed by atoms with Gasteiger partial charge in [0.2, 0.25) is 0 Å². The van der Waals surface area contributed by atoms with Crippen molar-refractivity contribution in [1.29, 1.82) is 0 Å². The van der Waals surface area contributed by atoms with Crippen molar-refractivity contribution in [3.8, 4) is 10.8 Å². The first-order chi connectivity index (χ1) is 10.5. The first kappa shape index (κ1) is 15.3. The van der Waals surface area contributed by atoms with Crippen molar-refractivity contribution in [2.75, 3.05) is 0 Å². The van der Waals surface area contributed by atoms with Gasteiger partial charge in [0.1, 0.15) is 11.5 Å². The molecule has 0 saturated carbocycles. The minimum Gasteiger partial charge on any atom is -0.459 e. The highest BCUT2D eigenvalue weighted by atomic mass is 35.5. The van der Waals surface area contributed by atoms with Crippen molar-refractivity contribution in [3.05, 3.63) is 50.3 Å². The average Bonchev–Trinajstić information content (AvgIpc) is 3.18. The van der Waals surface area contributed by atoms with Gasteiger partial charge in [-0.2, -0.15) is 0 Å². The van der Waals surface area contributed by atoms with E-state index in [1.807, 2.05) is 38.1 Å². The molecule has 114 valence electrons. The van der Waals surface area contributed by atoms with Crippen molar-refractivity contribution >= 4 is 40.2 Å². The summed E-state index contributed by atoms with van der Waals surface area (Å²) in [6.07, 6.45) is 0. The van der Waals surface area contributed by atoms with Crippen LogP contribution in [0, 0.1) is 6.92 Å². The van der Waals surface area contributed by atoms with Gasteiger partial charge in [0.15, 0.2) is 10.8 Å². The van der Waals surface area contributed by atoms with Crippen molar-refractivity contribution in [2.45, 2.75) is 19.9 Å². The monoisotopic (exact) mass is 352 g/mol. The summed E-state index contributed by atoms with van der Waals surface area (Å²) in [6, 6.07) is 7.35. The molecule has 22 heavy (non-hydrogen) atoms. The van der Waals surface area contributed by atoms with Gasteiger partial charge in [0.25, 0.3) is 5.91 Å². The number of aromatic nitrogens is 1. The lowest BCUT2D eigenvalue weighted by atomic mass is 10.2. The third-order valence-electron chi connectivity index (χ3n) is 3.06. The van der Waals surface area contributed by atoms with Crippen LogP contribution >= 0.6 is 34.3 Å². The predicted molar refractivity (Wildman–Crippen MR) is 89.8 cm³/mol. The van der Waals surface area contributed by atoms with Crippen LogP contribution in [0.1, 0.15) is 34.1 Å². The maximum Gasteiger partial charge on any atom is 0.271 e. The zero-order valence-corrected chi connectivity index (χ0v) is 14.3. The van der Waals surface area contributed by atoms with Crippen LogP contribution in [0.4, 0.5) is 0 Å². The third kappa shape index (κ3) is 3.24. The second kappa shape index (κ2) is 6.24. The fourth-order valence-electron chi connectivity index (χ4n) is 1.94. The molecule has 1 unspecified atom stereocenters. The Balaban J connectivity index is 1.71. The number of thiazole rings is 1. The van der Waals surface area contributed by atoms with Crippen LogP contribution in [0.3, 0.4) is 0 Å². The molecule has 3 aromatic rings. The molecule has 1 amide bonds. The Kier molecular flexibility index (Phi) is 4.33. The molecule has 0 aromatic carbocycles. The Morgan fingerprint density at radius 1 is 1.36 bits per heavy atom. The van der Waals surface area contributed by atoms with Gasteiger partial charge in [-0.05, 0) is 38.1 Å². The minimum atomic E-state index is -0.206. The molecular formula is C15H13ClN2O2S2. The number of hydrogen-bond donors (Lipinski definition) is 1. The number of rotatable bonds is 4. The Labute approximate surface area is 140 Å². The third-order valence-corrected chi connectivity index (χ3v) is 5.33. The summed E-state index contributed by atoms with van der Waals surface area (Å²) in [5.74, 6) is 1.29. The molecule has 0 radical (unpaired) electrons. The van der Waals surface area contributed by atoms with E-state index in [4.69, 9.17) is 16.0 Å². The van der Waals surface area contributed by atoms with E-state index in [0.717, 1.165) is 10.6 Å². The number of nitrogens with zero attached hydrogens (tertiary/aromatic N) is 1. The maximum absolute atomic E-state index is 12.3. The Morgan fingerprint density at radius 2 is 2.18 bits per heavy atom. The Morgan fingerprint density at radius 3 is 2.82 bits per heavy atom. The molecule has 7 heteroatoms. The van der Waals surface area contributed by atoms with Gasteiger partial charge in [-0.25, -0.2) is 4.98 Å². The highest BCUT2D eigenvalue weighted by Crippen LogP contribution is 2.28. The molecule has 3 rings (SSSR count). The molecule has 3 aromatic heterocycles. The highest BCUT2D eigenvalue weighted by Gasteiger charge is 2.17. The second-order valence-electron chi connectivity index (χ2n) is 4.79. The molecule has 0 aliphatic rings. The van der Waals surface area contributed by atoms with Crippen LogP contribution in [0.15, 0.2) is 34.1 Å². The second-order valence-corrected chi connectivity index (χ2v) is 7.39. The smallest absolute Gasteiger partial charge is 0.271 e. The number of aryl methyl sites for hydroxylation is 1. The Bertz CT molecular complexity index is 806. The van der Waals surface area contributed by atoms with E-state index in [9.17, 15) is 4.79 Å². The van der Waals surface area contributed by atoms with E-state index in [1.165, 1.54) is 22.7 Å². The fourth-order valence-corrected chi connectivity index (χ4v) is 3.77. The normalized spacial score (nSPS) is 12.3. The number of thiophene rings is 1. The SMILES string of the molecule is Cc1ccc(-c2nc(C(=O)NC(C)c3ccc(Cl)s3)cs2)o1. The summed E-state index contributed by atoms with van der Waals surface area (Å²) in [5, 5.41) is 5.35. The van der Waals surface area contributed by atoms with E-state index in [1.54, 1.807) is 5.38 Å². The summed E-state index contributed by atoms with van der Waals surface area (Å²) in [4.78, 5) is 17.6. The van der Waals surface area contributed by atoms with Crippen LogP contribution in [-0.2, 0) is 0 Å². The van der Waals surface area contributed by atoms with E-state index in [2.05, 4.69) is 10.3 Å². The molecule has 0 spiro atoms. The number of halogens is 1. The van der Waals surface area contributed by atoms with Gasteiger partial charge < -0.3 is 9.73 Å². The first-order valence-corrected chi connectivity index (χ1v) is 8.69. The summed E-state index contributed by atoms with van der Waals surface area (Å²) >= 11 is 8.76. The number of carbonyl (C=O) groups is 1. The van der Waals surface area contributed by atoms with E-state index in [0.29, 0.717) is 20.8 Å². The molecule has 0 bridgehead atoms. The molecule has 0 fully saturated rings. The van der Waals surface area contributed by atoms with Gasteiger partial charge in [-0.15, -0.1) is 22.7 Å². The molecule has 4 nitrogen and oxygen atoms in total. The summed E-state index contributed by atoms with van der Waals surface area (Å²) in [7, 11) is 0. The minimum absolute atomic E-state index is 0.110. The molecule has 1 atom stereocenters. The first-order valence-electron chi connectivity index (χ1n) is 6.61. The number of furan rings is 1. The molecule has 0 aliphatic heterocycles. The largest absolute Gasteiger partial charge is 0.459 e. The summed E-state index contributed by atoms with van der Waals surface area (Å²) in [6.45, 7) is 3.79. The molecule has 0 saturated heterocycles. The zero-order valence-electron chi connectivity index (χ0n) is 11.9. The van der Waals surface area contributed by atoms with Crippen LogP contribution in [0.2, 0.25) is 4.34 Å². The molecule has 0 aliphatic carbocycles. The predicted octanol–water partition coefficient (Wildman–Crippen LogP) is 4.92. The van der Waals surface area contributed by atoms with Gasteiger partial charge in [-0.1, -0.05) is 11.6 Å². The van der Waals surface area contributed by atoms with Crippen molar-refractivity contribution in [1.82, 2.24) is 10.3 Å². The molecular weight excluding hydrogens is 340 g/mol. The quantitative estimate of drug-likeness (QED) is 0.725. The maximum atomic E-state index is 12.3. The van der Waals surface area contributed by atoms with Gasteiger partial charge >= 0.3 is 0 Å². The lowest BCUT2D eigenvalue weighted by Gasteiger charge is -2.10. The lowest BCUT2D eigenvalue weighted by Crippen LogP contribution is -2.26. The lowest BCUT2D eigenvalue weighted by molar-refractivity contribution is 0.0936. The van der Waals surface area contributed by atoms with E-state index >= 15 is 0 Å². The Hall–Kier alpha value is -1.63. The fraction of sp³-hybridized carbons (Fsp3) is 0.200. The molecule has 1 N–H and O–H groups in total. The zero-order chi connectivity index (χ0) is 15.7. The van der Waals surface area contributed by atoms with Crippen molar-refractivity contribution in [3.63, 3.8) is 0 Å². The molecule has 3 heterocycles. The van der Waals surface area contributed by atoms with Crippen LogP contribution in [0.25, 0.3) is 10.8 Å². The van der Waals surface area contributed by atoms with Crippen LogP contribution in [0.5, 0.6) is 0 Å². The number of hydrogen-bond acceptors (Lipinski definition) is 5. The van der Waals surface area contributed by atoms with Gasteiger partial charge in [0.05, 0.1) is 10.4 Å². The standard InChI is InChI=1S/C15H13ClN2O2S2/c1-8-3-4-11(20-8)15-18-10(7-21-15)14(19)17-9(2)12-5-6-13(16)22-12/h3-7,9H,1-2H3,(H,17,19). The average molecular weight is 353 g/mol. The van der Waals surface area contributed by atoms with Crippen molar-refractivity contribution < 1.29 is 9.21 Å². The van der Waals surface area contributed by atoms with E-state index in [-0.39, 0.29) is 11.9 Å². The van der Waals surface area contributed by atoms with E-state index < -0.39 is 0 Å². The van der Waals surface area contributed by atoms with Gasteiger partial charge in [-0.3, -0.25) is 4.79 Å².